The van der Waals surface area contributed by atoms with Crippen LogP contribution in [0.2, 0.25) is 0 Å². The van der Waals surface area contributed by atoms with Crippen LogP contribution in [0.25, 0.3) is 0 Å². The van der Waals surface area contributed by atoms with Crippen LogP contribution in [0.4, 0.5) is 5.69 Å². The Bertz CT molecular complexity index is 417. The Morgan fingerprint density at radius 2 is 2.11 bits per heavy atom. The van der Waals surface area contributed by atoms with E-state index in [1.165, 1.54) is 6.42 Å². The van der Waals surface area contributed by atoms with Crippen LogP contribution in [-0.2, 0) is 0 Å². The van der Waals surface area contributed by atoms with Crippen LogP contribution in [0, 0.1) is 0 Å². The fourth-order valence-electron chi connectivity index (χ4n) is 2.71. The molecule has 2 rings (SSSR count). The van der Waals surface area contributed by atoms with E-state index in [2.05, 4.69) is 4.90 Å². The molecule has 0 bridgehead atoms. The Hall–Kier alpha value is -1.35. The highest BCUT2D eigenvalue weighted by atomic mass is 16.3. The minimum atomic E-state index is 0.0894. The Labute approximate surface area is 108 Å². The van der Waals surface area contributed by atoms with Crippen LogP contribution in [0.3, 0.4) is 0 Å². The van der Waals surface area contributed by atoms with E-state index in [0.717, 1.165) is 37.1 Å². The third-order valence-corrected chi connectivity index (χ3v) is 3.68. The molecule has 0 spiro atoms. The highest BCUT2D eigenvalue weighted by Crippen LogP contribution is 2.27. The topological polar surface area (TPSA) is 40.5 Å². The van der Waals surface area contributed by atoms with Gasteiger partial charge in [0.25, 0.3) is 0 Å². The lowest BCUT2D eigenvalue weighted by Gasteiger charge is -2.32. The van der Waals surface area contributed by atoms with Gasteiger partial charge < -0.3 is 10.0 Å². The second-order valence-corrected chi connectivity index (χ2v) is 4.95. The first-order valence-electron chi connectivity index (χ1n) is 6.71. The summed E-state index contributed by atoms with van der Waals surface area (Å²) in [5, 5.41) is 9.55. The third kappa shape index (κ3) is 2.72. The number of carbonyl (C=O) groups is 1. The van der Waals surface area contributed by atoms with Gasteiger partial charge in [0.05, 0.1) is 12.6 Å². The van der Waals surface area contributed by atoms with Crippen LogP contribution in [-0.4, -0.2) is 30.1 Å². The number of para-hydroxylation sites is 1. The number of aliphatic hydroxyl groups is 1. The Balaban J connectivity index is 2.35. The van der Waals surface area contributed by atoms with Crippen LogP contribution >= 0.6 is 0 Å². The van der Waals surface area contributed by atoms with E-state index < -0.39 is 0 Å². The van der Waals surface area contributed by atoms with Crippen molar-refractivity contribution in [3.05, 3.63) is 29.8 Å². The van der Waals surface area contributed by atoms with Crippen molar-refractivity contribution in [1.29, 1.82) is 0 Å². The molecule has 3 heteroatoms. The van der Waals surface area contributed by atoms with Crippen molar-refractivity contribution in [1.82, 2.24) is 0 Å². The van der Waals surface area contributed by atoms with Crippen molar-refractivity contribution < 1.29 is 9.90 Å². The van der Waals surface area contributed by atoms with Gasteiger partial charge in [0.15, 0.2) is 5.78 Å². The summed E-state index contributed by atoms with van der Waals surface area (Å²) in [7, 11) is 0. The summed E-state index contributed by atoms with van der Waals surface area (Å²) in [6.07, 6.45) is 4.49. The van der Waals surface area contributed by atoms with Crippen molar-refractivity contribution >= 4 is 11.5 Å². The van der Waals surface area contributed by atoms with E-state index >= 15 is 0 Å². The maximum atomic E-state index is 11.7. The van der Waals surface area contributed by atoms with Crippen molar-refractivity contribution in [3.8, 4) is 0 Å². The number of hydrogen-bond acceptors (Lipinski definition) is 3. The molecule has 3 nitrogen and oxygen atoms in total. The number of Topliss-reactive ketones (excluding diaryl/α,β-unsaturated/α-hetero) is 1. The fourth-order valence-corrected chi connectivity index (χ4v) is 2.71. The van der Waals surface area contributed by atoms with Gasteiger partial charge in [-0.25, -0.2) is 0 Å². The molecule has 18 heavy (non-hydrogen) atoms. The molecule has 1 unspecified atom stereocenters. The predicted octanol–water partition coefficient (Wildman–Crippen LogP) is 2.63. The summed E-state index contributed by atoms with van der Waals surface area (Å²) in [4.78, 5) is 13.9. The summed E-state index contributed by atoms with van der Waals surface area (Å²) in [5.74, 6) is 0.0894. The van der Waals surface area contributed by atoms with Gasteiger partial charge in [-0.1, -0.05) is 25.0 Å². The van der Waals surface area contributed by atoms with Crippen LogP contribution in [0.5, 0.6) is 0 Å². The average molecular weight is 247 g/mol. The number of nitrogens with zero attached hydrogens (tertiary/aromatic N) is 1. The van der Waals surface area contributed by atoms with E-state index in [0.29, 0.717) is 0 Å². The van der Waals surface area contributed by atoms with Crippen molar-refractivity contribution in [2.45, 2.75) is 38.6 Å². The molecule has 0 saturated carbocycles. The van der Waals surface area contributed by atoms with Gasteiger partial charge >= 0.3 is 0 Å². The molecule has 0 aliphatic carbocycles. The lowest BCUT2D eigenvalue weighted by molar-refractivity contribution is 0.101. The van der Waals surface area contributed by atoms with Gasteiger partial charge in [-0.2, -0.15) is 0 Å². The molecule has 98 valence electrons. The number of ketones is 1. The van der Waals surface area contributed by atoms with E-state index in [1.807, 2.05) is 24.3 Å². The minimum absolute atomic E-state index is 0.0894. The Kier molecular flexibility index (Phi) is 4.37. The van der Waals surface area contributed by atoms with Crippen LogP contribution in [0.15, 0.2) is 24.3 Å². The predicted molar refractivity (Wildman–Crippen MR) is 73.1 cm³/mol. The molecule has 0 radical (unpaired) electrons. The van der Waals surface area contributed by atoms with E-state index in [1.54, 1.807) is 6.92 Å². The first-order chi connectivity index (χ1) is 8.74. The summed E-state index contributed by atoms with van der Waals surface area (Å²) in [6, 6.07) is 7.86. The zero-order valence-electron chi connectivity index (χ0n) is 10.9. The molecular weight excluding hydrogens is 226 g/mol. The summed E-state index contributed by atoms with van der Waals surface area (Å²) in [5.41, 5.74) is 1.74. The van der Waals surface area contributed by atoms with Crippen LogP contribution in [0.1, 0.15) is 43.0 Å². The lowest BCUT2D eigenvalue weighted by atomic mass is 10.1. The minimum Gasteiger partial charge on any atom is -0.394 e. The van der Waals surface area contributed by atoms with Crippen molar-refractivity contribution in [3.63, 3.8) is 0 Å². The standard InChI is InChI=1S/C15H21NO2/c1-12(18)14-8-4-5-9-15(14)16-10-6-2-3-7-13(16)11-17/h4-5,8-9,13,17H,2-3,6-7,10-11H2,1H3. The van der Waals surface area contributed by atoms with E-state index in [9.17, 15) is 9.90 Å². The maximum absolute atomic E-state index is 11.7. The zero-order chi connectivity index (χ0) is 13.0. The zero-order valence-corrected chi connectivity index (χ0v) is 10.9. The average Bonchev–Trinajstić information content (AvgIpc) is 2.63. The first kappa shape index (κ1) is 13.1. The molecule has 1 fully saturated rings. The summed E-state index contributed by atoms with van der Waals surface area (Å²) in [6.45, 7) is 2.69. The van der Waals surface area contributed by atoms with Crippen LogP contribution < -0.4 is 4.90 Å². The number of carbonyl (C=O) groups excluding carboxylic acids is 1. The van der Waals surface area contributed by atoms with Gasteiger partial charge in [0.1, 0.15) is 0 Å². The largest absolute Gasteiger partial charge is 0.394 e. The fraction of sp³-hybridized carbons (Fsp3) is 0.533. The van der Waals surface area contributed by atoms with Gasteiger partial charge in [0, 0.05) is 17.8 Å². The molecule has 1 aromatic rings. The van der Waals surface area contributed by atoms with E-state index in [-0.39, 0.29) is 18.4 Å². The normalized spacial score (nSPS) is 20.6. The number of rotatable bonds is 3. The maximum Gasteiger partial charge on any atom is 0.161 e. The first-order valence-corrected chi connectivity index (χ1v) is 6.71. The number of aliphatic hydroxyl groups excluding tert-OH is 1. The summed E-state index contributed by atoms with van der Waals surface area (Å²) >= 11 is 0. The highest BCUT2D eigenvalue weighted by molar-refractivity contribution is 5.99. The second kappa shape index (κ2) is 6.01. The quantitative estimate of drug-likeness (QED) is 0.835. The smallest absolute Gasteiger partial charge is 0.161 e. The molecule has 1 aliphatic rings. The highest BCUT2D eigenvalue weighted by Gasteiger charge is 2.23. The molecule has 1 atom stereocenters. The van der Waals surface area contributed by atoms with Gasteiger partial charge in [-0.15, -0.1) is 0 Å². The molecule has 0 amide bonds. The number of hydrogen-bond donors (Lipinski definition) is 1. The van der Waals surface area contributed by atoms with Gasteiger partial charge in [0.2, 0.25) is 0 Å². The number of anilines is 1. The van der Waals surface area contributed by atoms with Gasteiger partial charge in [-0.3, -0.25) is 4.79 Å². The van der Waals surface area contributed by atoms with E-state index in [4.69, 9.17) is 0 Å². The molecule has 1 aromatic carbocycles. The lowest BCUT2D eigenvalue weighted by Crippen LogP contribution is -2.38. The molecule has 0 aromatic heterocycles. The molecule has 1 N–H and O–H groups in total. The third-order valence-electron chi connectivity index (χ3n) is 3.68. The molecular formula is C15H21NO2. The SMILES string of the molecule is CC(=O)c1ccccc1N1CCCCCC1CO. The molecule has 1 aliphatic heterocycles. The second-order valence-electron chi connectivity index (χ2n) is 4.95. The monoisotopic (exact) mass is 247 g/mol. The van der Waals surface area contributed by atoms with Crippen molar-refractivity contribution in [2.24, 2.45) is 0 Å². The molecule has 1 heterocycles. The van der Waals surface area contributed by atoms with Gasteiger partial charge in [-0.05, 0) is 31.9 Å². The Morgan fingerprint density at radius 3 is 2.83 bits per heavy atom. The Morgan fingerprint density at radius 1 is 1.33 bits per heavy atom. The molecule has 1 saturated heterocycles. The summed E-state index contributed by atoms with van der Waals surface area (Å²) < 4.78 is 0. The number of benzene rings is 1. The van der Waals surface area contributed by atoms with Crippen molar-refractivity contribution in [2.75, 3.05) is 18.1 Å².